The van der Waals surface area contributed by atoms with Crippen LogP contribution in [0.1, 0.15) is 129 Å². The quantitative estimate of drug-likeness (QED) is 0.0505. The van der Waals surface area contributed by atoms with E-state index in [4.69, 9.17) is 47.5 Å². The summed E-state index contributed by atoms with van der Waals surface area (Å²) in [5.41, 5.74) is -5.75. The van der Waals surface area contributed by atoms with E-state index in [-0.39, 0.29) is 25.5 Å². The van der Waals surface area contributed by atoms with E-state index in [2.05, 4.69) is 21.3 Å². The van der Waals surface area contributed by atoms with Crippen molar-refractivity contribution in [3.8, 4) is 0 Å². The lowest BCUT2D eigenvalue weighted by Crippen LogP contribution is -2.71. The average molecular weight is 1100 g/mol. The number of likely N-dealkylation sites (N-methyl/N-ethyl adjacent to an activating group) is 1. The summed E-state index contributed by atoms with van der Waals surface area (Å²) in [5, 5.41) is 67.8. The molecular weight excluding hydrogens is 1010 g/mol. The van der Waals surface area contributed by atoms with Crippen LogP contribution in [0.3, 0.4) is 0 Å². The Morgan fingerprint density at radius 2 is 1.30 bits per heavy atom. The van der Waals surface area contributed by atoms with Gasteiger partial charge in [-0.15, -0.1) is 0 Å². The van der Waals surface area contributed by atoms with Crippen LogP contribution in [0.15, 0.2) is 0 Å². The van der Waals surface area contributed by atoms with Crippen molar-refractivity contribution in [3.63, 3.8) is 0 Å². The summed E-state index contributed by atoms with van der Waals surface area (Å²) in [7, 11) is 1.11. The van der Waals surface area contributed by atoms with Crippen molar-refractivity contribution < 1.29 is 102 Å². The maximum atomic E-state index is 13.8. The van der Waals surface area contributed by atoms with E-state index in [9.17, 15) is 54.3 Å². The minimum atomic E-state index is -1.99. The molecule has 9 N–H and O–H groups in total. The summed E-state index contributed by atoms with van der Waals surface area (Å²) in [4.78, 5) is 84.9. The topological polar surface area (TPSA) is 350 Å². The van der Waals surface area contributed by atoms with E-state index in [1.54, 1.807) is 76.2 Å². The van der Waals surface area contributed by atoms with Crippen molar-refractivity contribution in [2.24, 2.45) is 0 Å². The van der Waals surface area contributed by atoms with Crippen LogP contribution in [0, 0.1) is 0 Å². The Kier molecular flexibility index (Phi) is 21.6. The summed E-state index contributed by atoms with van der Waals surface area (Å²) >= 11 is 0. The molecule has 0 unspecified atom stereocenters. The molecule has 0 bridgehead atoms. The number of hydrogen-bond donors (Lipinski definition) is 9. The number of alkyl carbamates (subject to hydrolysis) is 3. The van der Waals surface area contributed by atoms with Gasteiger partial charge in [-0.05, 0) is 129 Å². The molecular formula is C49H86N6O21. The van der Waals surface area contributed by atoms with Gasteiger partial charge >= 0.3 is 24.4 Å². The molecule has 0 spiro atoms. The summed E-state index contributed by atoms with van der Waals surface area (Å²) in [6, 6.07) is -5.38. The highest BCUT2D eigenvalue weighted by Gasteiger charge is 2.55. The van der Waals surface area contributed by atoms with E-state index in [1.165, 1.54) is 6.92 Å². The van der Waals surface area contributed by atoms with Gasteiger partial charge in [-0.3, -0.25) is 14.4 Å². The molecule has 4 rings (SSSR count). The number of amides is 6. The first-order chi connectivity index (χ1) is 34.8. The first kappa shape index (κ1) is 64.1. The summed E-state index contributed by atoms with van der Waals surface area (Å²) in [6.45, 7) is 22.1. The zero-order valence-corrected chi connectivity index (χ0v) is 46.6. The number of carbonyl (C=O) groups is 6. The maximum absolute atomic E-state index is 13.8. The molecule has 4 fully saturated rings. The highest BCUT2D eigenvalue weighted by Crippen LogP contribution is 2.36. The molecule has 1 aliphatic carbocycles. The summed E-state index contributed by atoms with van der Waals surface area (Å²) < 4.78 is 53.2. The van der Waals surface area contributed by atoms with Crippen LogP contribution in [0.25, 0.3) is 0 Å². The van der Waals surface area contributed by atoms with Crippen LogP contribution in [-0.4, -0.2) is 219 Å². The largest absolute Gasteiger partial charge is 0.465 e. The smallest absolute Gasteiger partial charge is 0.408 e. The number of rotatable bonds is 19. The van der Waals surface area contributed by atoms with Gasteiger partial charge < -0.3 is 94.3 Å². The zero-order chi connectivity index (χ0) is 57.5. The minimum Gasteiger partial charge on any atom is -0.465 e. The lowest BCUT2D eigenvalue weighted by Gasteiger charge is -2.50. The molecule has 14 atom stereocenters. The molecule has 0 aromatic rings. The fourth-order valence-electron chi connectivity index (χ4n) is 9.10. The number of aliphatic hydroxyl groups is 4. The normalized spacial score (nSPS) is 31.5. The number of nitrogens with one attached hydrogen (secondary N) is 4. The van der Waals surface area contributed by atoms with E-state index in [0.717, 1.165) is 12.1 Å². The molecule has 3 saturated heterocycles. The summed E-state index contributed by atoms with van der Waals surface area (Å²) in [6.07, 6.45) is -16.4. The third kappa shape index (κ3) is 19.8. The number of nitrogens with zero attached hydrogens (tertiary/aromatic N) is 2. The fourth-order valence-corrected chi connectivity index (χ4v) is 9.10. The minimum absolute atomic E-state index is 0.140. The van der Waals surface area contributed by atoms with Crippen molar-refractivity contribution in [2.75, 3.05) is 33.4 Å². The Bertz CT molecular complexity index is 1970. The molecule has 3 aliphatic heterocycles. The average Bonchev–Trinajstić information content (AvgIpc) is 3.61. The molecule has 4 aliphatic rings. The van der Waals surface area contributed by atoms with Gasteiger partial charge in [0.25, 0.3) is 5.91 Å². The van der Waals surface area contributed by atoms with Crippen LogP contribution in [0.4, 0.5) is 19.2 Å². The van der Waals surface area contributed by atoms with Crippen molar-refractivity contribution in [3.05, 3.63) is 0 Å². The predicted molar refractivity (Wildman–Crippen MR) is 265 cm³/mol. The first-order valence-electron chi connectivity index (χ1n) is 25.6. The standard InChI is InChI=1S/C49H86N6O21/c1-44(2,3)73-40(61)50-21-31(57)37(60)51-29-20-30(53-42(63)75-46(7,8)9)35(32(58)34(29)71-39-33(59)36(54(15)43(64)65)49(14,66)24-67-39)70-38-28(52-41(62)74-45(4,5)6)17-16-26(69-38)22-55(25-56)76-47(10,11)19-18-27-23-68-48(12,13)72-27/h25-36,38-39,57-59,66H,16-24H2,1-15H3,(H,50,61)(H,51,60)(H,52,62)(H,53,63)(H,64,65)/t26-,27+,28+,29+,30-,31-,32-,33+,34-,35+,36+,38+,39+,49-/m0/s1. The number of hydroxylamine groups is 2. The van der Waals surface area contributed by atoms with Crippen LogP contribution in [0.2, 0.25) is 0 Å². The predicted octanol–water partition coefficient (Wildman–Crippen LogP) is 1.73. The SMILES string of the molecule is CN(C(=O)O)[C@@H]1[C@@H](O)[C@@H](O[C@@H]2[C@H](O)[C@H](O[C@H]3O[C@H](CN(C=O)OC(C)(C)CC[C@@H]4COC(C)(C)O4)CC[C@H]3NC(=O)OC(C)(C)C)[C@@H](NC(=O)OC(C)(C)C)C[C@H]2NC(=O)[C@@H](O)CNC(=O)OC(C)(C)C)OC[C@]1(C)O. The number of aliphatic hydroxyl groups excluding tert-OH is 3. The Morgan fingerprint density at radius 1 is 0.763 bits per heavy atom. The second-order valence-corrected chi connectivity index (χ2v) is 24.1. The highest BCUT2D eigenvalue weighted by molar-refractivity contribution is 5.82. The van der Waals surface area contributed by atoms with Gasteiger partial charge in [0.15, 0.2) is 18.4 Å². The van der Waals surface area contributed by atoms with Crippen LogP contribution < -0.4 is 21.3 Å². The van der Waals surface area contributed by atoms with Gasteiger partial charge in [-0.25, -0.2) is 24.2 Å². The molecule has 3 heterocycles. The molecule has 76 heavy (non-hydrogen) atoms. The van der Waals surface area contributed by atoms with E-state index in [0.29, 0.717) is 30.8 Å². The molecule has 6 amide bonds. The Labute approximate surface area is 444 Å². The Hall–Kier alpha value is -4.42. The second-order valence-electron chi connectivity index (χ2n) is 24.1. The first-order valence-corrected chi connectivity index (χ1v) is 25.6. The third-order valence-corrected chi connectivity index (χ3v) is 12.4. The molecule has 0 aromatic carbocycles. The molecule has 27 heteroatoms. The van der Waals surface area contributed by atoms with E-state index >= 15 is 0 Å². The van der Waals surface area contributed by atoms with E-state index < -0.39 is 157 Å². The van der Waals surface area contributed by atoms with Crippen molar-refractivity contribution >= 4 is 36.7 Å². The van der Waals surface area contributed by atoms with Crippen LogP contribution in [-0.2, 0) is 57.1 Å². The number of hydrogen-bond acceptors (Lipinski definition) is 20. The molecule has 0 radical (unpaired) electrons. The van der Waals surface area contributed by atoms with Gasteiger partial charge in [0.1, 0.15) is 52.9 Å². The lowest BCUT2D eigenvalue weighted by molar-refractivity contribution is -0.316. The van der Waals surface area contributed by atoms with E-state index in [1.807, 2.05) is 13.8 Å². The van der Waals surface area contributed by atoms with Crippen molar-refractivity contribution in [2.45, 2.75) is 242 Å². The molecule has 0 aromatic heterocycles. The van der Waals surface area contributed by atoms with Gasteiger partial charge in [0.2, 0.25) is 6.41 Å². The maximum Gasteiger partial charge on any atom is 0.408 e. The number of carboxylic acid groups (broad SMARTS) is 1. The van der Waals surface area contributed by atoms with Crippen LogP contribution in [0.5, 0.6) is 0 Å². The molecule has 1 saturated carbocycles. The summed E-state index contributed by atoms with van der Waals surface area (Å²) in [5.74, 6) is -1.83. The van der Waals surface area contributed by atoms with Crippen molar-refractivity contribution in [1.82, 2.24) is 31.2 Å². The van der Waals surface area contributed by atoms with Crippen molar-refractivity contribution in [1.29, 1.82) is 0 Å². The highest BCUT2D eigenvalue weighted by atomic mass is 16.7. The Balaban J connectivity index is 1.73. The Morgan fingerprint density at radius 3 is 1.83 bits per heavy atom. The van der Waals surface area contributed by atoms with Crippen LogP contribution >= 0.6 is 0 Å². The molecule has 27 nitrogen and oxygen atoms in total. The van der Waals surface area contributed by atoms with Gasteiger partial charge in [-0.2, -0.15) is 0 Å². The zero-order valence-electron chi connectivity index (χ0n) is 46.6. The fraction of sp³-hybridized carbons (Fsp3) is 0.878. The number of ether oxygens (including phenoxy) is 9. The third-order valence-electron chi connectivity index (χ3n) is 12.4. The number of carbonyl (C=O) groups excluding carboxylic acids is 5. The second kappa shape index (κ2) is 25.6. The van der Waals surface area contributed by atoms with Gasteiger partial charge in [0.05, 0.1) is 68.3 Å². The molecule has 438 valence electrons. The van der Waals surface area contributed by atoms with Gasteiger partial charge in [-0.1, -0.05) is 0 Å². The lowest BCUT2D eigenvalue weighted by atomic mass is 9.82. The van der Waals surface area contributed by atoms with Gasteiger partial charge in [0, 0.05) is 7.05 Å². The monoisotopic (exact) mass is 1090 g/mol.